The van der Waals surface area contributed by atoms with Crippen LogP contribution in [0.3, 0.4) is 0 Å². The summed E-state index contributed by atoms with van der Waals surface area (Å²) in [5, 5.41) is 4.07. The highest BCUT2D eigenvalue weighted by atomic mass is 35.5. The van der Waals surface area contributed by atoms with Crippen molar-refractivity contribution in [2.24, 2.45) is 0 Å². The minimum Gasteiger partial charge on any atom is -0.444 e. The predicted molar refractivity (Wildman–Crippen MR) is 70.8 cm³/mol. The quantitative estimate of drug-likeness (QED) is 0.924. The van der Waals surface area contributed by atoms with E-state index >= 15 is 0 Å². The second kappa shape index (κ2) is 5.12. The molecule has 0 amide bonds. The molecule has 0 saturated carbocycles. The average molecular weight is 263 g/mol. The summed E-state index contributed by atoms with van der Waals surface area (Å²) in [4.78, 5) is 4.55. The zero-order chi connectivity index (χ0) is 12.4. The largest absolute Gasteiger partial charge is 0.444 e. The summed E-state index contributed by atoms with van der Waals surface area (Å²) in [6.45, 7) is 1.80. The fourth-order valence-electron chi connectivity index (χ4n) is 2.23. The van der Waals surface area contributed by atoms with E-state index in [-0.39, 0.29) is 0 Å². The maximum absolute atomic E-state index is 5.96. The number of aryl methyl sites for hydroxylation is 2. The van der Waals surface area contributed by atoms with Crippen LogP contribution in [0.1, 0.15) is 22.9 Å². The van der Waals surface area contributed by atoms with Crippen molar-refractivity contribution in [3.8, 4) is 0 Å². The number of benzene rings is 1. The molecule has 94 valence electrons. The first-order valence-corrected chi connectivity index (χ1v) is 6.62. The average Bonchev–Trinajstić information content (AvgIpc) is 2.79. The molecule has 18 heavy (non-hydrogen) atoms. The maximum atomic E-state index is 5.96. The summed E-state index contributed by atoms with van der Waals surface area (Å²) in [6, 6.07) is 7.94. The smallest absolute Gasteiger partial charge is 0.195 e. The first-order chi connectivity index (χ1) is 8.81. The van der Waals surface area contributed by atoms with Crippen molar-refractivity contribution in [1.29, 1.82) is 0 Å². The van der Waals surface area contributed by atoms with Crippen LogP contribution in [-0.2, 0) is 25.8 Å². The van der Waals surface area contributed by atoms with Gasteiger partial charge in [-0.2, -0.15) is 0 Å². The molecule has 0 atom stereocenters. The highest BCUT2D eigenvalue weighted by Gasteiger charge is 2.16. The number of rotatable bonds is 3. The fourth-order valence-corrected chi connectivity index (χ4v) is 2.44. The molecule has 1 N–H and O–H groups in total. The zero-order valence-corrected chi connectivity index (χ0v) is 10.8. The number of fused-ring (bicyclic) bond motifs is 1. The molecule has 3 rings (SSSR count). The van der Waals surface area contributed by atoms with Crippen LogP contribution in [0.2, 0.25) is 5.02 Å². The van der Waals surface area contributed by atoms with Crippen molar-refractivity contribution in [1.82, 2.24) is 10.3 Å². The van der Waals surface area contributed by atoms with E-state index in [1.54, 1.807) is 0 Å². The number of hydrogen-bond donors (Lipinski definition) is 1. The van der Waals surface area contributed by atoms with E-state index in [4.69, 9.17) is 16.0 Å². The van der Waals surface area contributed by atoms with Gasteiger partial charge < -0.3 is 9.73 Å². The van der Waals surface area contributed by atoms with E-state index in [0.717, 1.165) is 54.7 Å². The van der Waals surface area contributed by atoms with Crippen molar-refractivity contribution < 1.29 is 4.42 Å². The molecular weight excluding hydrogens is 248 g/mol. The molecular formula is C14H15ClN2O. The Morgan fingerprint density at radius 3 is 3.11 bits per heavy atom. The third-order valence-corrected chi connectivity index (χ3v) is 3.40. The van der Waals surface area contributed by atoms with Crippen LogP contribution in [0.15, 0.2) is 28.7 Å². The van der Waals surface area contributed by atoms with Gasteiger partial charge in [0.15, 0.2) is 5.89 Å². The standard InChI is InChI=1S/C14H15ClN2O/c15-11-3-1-2-10(8-11)4-5-14-17-12-6-7-16-9-13(12)18-14/h1-3,8,16H,4-7,9H2. The Balaban J connectivity index is 1.68. The lowest BCUT2D eigenvalue weighted by atomic mass is 10.1. The second-order valence-electron chi connectivity index (χ2n) is 4.53. The molecule has 1 aromatic carbocycles. The zero-order valence-electron chi connectivity index (χ0n) is 10.1. The molecule has 0 radical (unpaired) electrons. The summed E-state index contributed by atoms with van der Waals surface area (Å²) in [6.07, 6.45) is 2.71. The number of nitrogens with one attached hydrogen (secondary N) is 1. The molecule has 0 unspecified atom stereocenters. The molecule has 3 nitrogen and oxygen atoms in total. The van der Waals surface area contributed by atoms with Crippen molar-refractivity contribution in [2.45, 2.75) is 25.8 Å². The van der Waals surface area contributed by atoms with Crippen molar-refractivity contribution in [3.63, 3.8) is 0 Å². The summed E-state index contributed by atoms with van der Waals surface area (Å²) in [5.74, 6) is 1.84. The molecule has 0 bridgehead atoms. The first-order valence-electron chi connectivity index (χ1n) is 6.24. The van der Waals surface area contributed by atoms with Gasteiger partial charge in [-0.05, 0) is 24.1 Å². The summed E-state index contributed by atoms with van der Waals surface area (Å²) >= 11 is 5.96. The summed E-state index contributed by atoms with van der Waals surface area (Å²) < 4.78 is 5.75. The number of hydrogen-bond acceptors (Lipinski definition) is 3. The SMILES string of the molecule is Clc1cccc(CCc2nc3c(o2)CNCC3)c1. The molecule has 2 heterocycles. The lowest BCUT2D eigenvalue weighted by Gasteiger charge is -2.08. The lowest BCUT2D eigenvalue weighted by Crippen LogP contribution is -2.22. The van der Waals surface area contributed by atoms with Gasteiger partial charge in [0, 0.05) is 24.4 Å². The summed E-state index contributed by atoms with van der Waals surface area (Å²) in [5.41, 5.74) is 2.34. The molecule has 0 saturated heterocycles. The molecule has 1 aliphatic rings. The first kappa shape index (κ1) is 11.8. The van der Waals surface area contributed by atoms with E-state index in [9.17, 15) is 0 Å². The Hall–Kier alpha value is -1.32. The van der Waals surface area contributed by atoms with Crippen LogP contribution in [-0.4, -0.2) is 11.5 Å². The molecule has 0 spiro atoms. The van der Waals surface area contributed by atoms with Gasteiger partial charge in [0.1, 0.15) is 5.76 Å². The van der Waals surface area contributed by atoms with Gasteiger partial charge in [0.25, 0.3) is 0 Å². The normalized spacial score (nSPS) is 14.5. The van der Waals surface area contributed by atoms with Gasteiger partial charge >= 0.3 is 0 Å². The third kappa shape index (κ3) is 2.57. The minimum atomic E-state index is 0.781. The van der Waals surface area contributed by atoms with Crippen LogP contribution in [0.5, 0.6) is 0 Å². The van der Waals surface area contributed by atoms with Gasteiger partial charge in [0.2, 0.25) is 0 Å². The Morgan fingerprint density at radius 2 is 2.28 bits per heavy atom. The van der Waals surface area contributed by atoms with Crippen LogP contribution in [0.4, 0.5) is 0 Å². The molecule has 1 aromatic heterocycles. The fraction of sp³-hybridized carbons (Fsp3) is 0.357. The monoisotopic (exact) mass is 262 g/mol. The van der Waals surface area contributed by atoms with Gasteiger partial charge in [-0.15, -0.1) is 0 Å². The van der Waals surface area contributed by atoms with Gasteiger partial charge in [-0.3, -0.25) is 0 Å². The van der Waals surface area contributed by atoms with E-state index < -0.39 is 0 Å². The van der Waals surface area contributed by atoms with Crippen LogP contribution < -0.4 is 5.32 Å². The highest BCUT2D eigenvalue weighted by Crippen LogP contribution is 2.17. The molecule has 4 heteroatoms. The Morgan fingerprint density at radius 1 is 1.33 bits per heavy atom. The van der Waals surface area contributed by atoms with Crippen molar-refractivity contribution >= 4 is 11.6 Å². The third-order valence-electron chi connectivity index (χ3n) is 3.16. The topological polar surface area (TPSA) is 38.1 Å². The van der Waals surface area contributed by atoms with Gasteiger partial charge in [-0.25, -0.2) is 4.98 Å². The number of halogens is 1. The van der Waals surface area contributed by atoms with E-state index in [0.29, 0.717) is 0 Å². The second-order valence-corrected chi connectivity index (χ2v) is 4.97. The maximum Gasteiger partial charge on any atom is 0.195 e. The minimum absolute atomic E-state index is 0.781. The molecule has 0 aliphatic carbocycles. The van der Waals surface area contributed by atoms with Gasteiger partial charge in [0.05, 0.1) is 12.2 Å². The lowest BCUT2D eigenvalue weighted by molar-refractivity contribution is 0.428. The highest BCUT2D eigenvalue weighted by molar-refractivity contribution is 6.30. The number of oxazole rings is 1. The van der Waals surface area contributed by atoms with E-state index in [2.05, 4.69) is 16.4 Å². The molecule has 2 aromatic rings. The van der Waals surface area contributed by atoms with Crippen LogP contribution in [0.25, 0.3) is 0 Å². The van der Waals surface area contributed by atoms with Crippen molar-refractivity contribution in [2.75, 3.05) is 6.54 Å². The molecule has 0 fully saturated rings. The number of aromatic nitrogens is 1. The predicted octanol–water partition coefficient (Wildman–Crippen LogP) is 2.76. The van der Waals surface area contributed by atoms with E-state index in [1.165, 1.54) is 5.56 Å². The van der Waals surface area contributed by atoms with Crippen molar-refractivity contribution in [3.05, 3.63) is 52.2 Å². The van der Waals surface area contributed by atoms with Crippen LogP contribution >= 0.6 is 11.6 Å². The Bertz CT molecular complexity index is 527. The number of nitrogens with zero attached hydrogens (tertiary/aromatic N) is 1. The Labute approximate surface area is 111 Å². The molecule has 1 aliphatic heterocycles. The Kier molecular flexibility index (Phi) is 3.35. The van der Waals surface area contributed by atoms with Crippen LogP contribution in [0, 0.1) is 0 Å². The van der Waals surface area contributed by atoms with E-state index in [1.807, 2.05) is 18.2 Å². The summed E-state index contributed by atoms with van der Waals surface area (Å²) in [7, 11) is 0. The van der Waals surface area contributed by atoms with Gasteiger partial charge in [-0.1, -0.05) is 23.7 Å².